The van der Waals surface area contributed by atoms with Crippen molar-refractivity contribution in [1.29, 1.82) is 0 Å². The number of nitrogens with one attached hydrogen (secondary N) is 3. The lowest BCUT2D eigenvalue weighted by atomic mass is 10.0. The number of H-pyrrole nitrogens is 1. The van der Waals surface area contributed by atoms with Gasteiger partial charge >= 0.3 is 5.97 Å². The maximum atomic E-state index is 13.1. The summed E-state index contributed by atoms with van der Waals surface area (Å²) in [5, 5.41) is 14.6. The first-order chi connectivity index (χ1) is 16.1. The van der Waals surface area contributed by atoms with E-state index in [2.05, 4.69) is 20.6 Å². The number of amides is 3. The highest BCUT2D eigenvalue weighted by Crippen LogP contribution is 2.20. The number of carbonyl (C=O) groups is 5. The molecule has 1 aliphatic heterocycles. The van der Waals surface area contributed by atoms with Crippen molar-refractivity contribution in [1.82, 2.24) is 25.5 Å². The van der Waals surface area contributed by atoms with Gasteiger partial charge in [-0.15, -0.1) is 0 Å². The summed E-state index contributed by atoms with van der Waals surface area (Å²) < 4.78 is 0. The van der Waals surface area contributed by atoms with Crippen LogP contribution in [0.5, 0.6) is 0 Å². The number of aliphatic carboxylic acids is 1. The molecule has 4 N–H and O–H groups in total. The molecule has 3 unspecified atom stereocenters. The predicted molar refractivity (Wildman–Crippen MR) is 126 cm³/mol. The Labute approximate surface area is 202 Å². The van der Waals surface area contributed by atoms with Crippen molar-refractivity contribution in [2.45, 2.75) is 71.0 Å². The highest BCUT2D eigenvalue weighted by atomic mass is 32.2. The van der Waals surface area contributed by atoms with Crippen molar-refractivity contribution in [2.75, 3.05) is 12.3 Å². The van der Waals surface area contributed by atoms with Gasteiger partial charge in [0.2, 0.25) is 17.7 Å². The number of hydrogen-bond acceptors (Lipinski definition) is 7. The zero-order valence-corrected chi connectivity index (χ0v) is 20.5. The number of carboxylic acid groups (broad SMARTS) is 1. The average Bonchev–Trinajstić information content (AvgIpc) is 3.44. The van der Waals surface area contributed by atoms with Gasteiger partial charge in [-0.25, -0.2) is 9.78 Å². The van der Waals surface area contributed by atoms with Gasteiger partial charge in [0.1, 0.15) is 18.1 Å². The minimum absolute atomic E-state index is 0.0417. The third kappa shape index (κ3) is 8.47. The van der Waals surface area contributed by atoms with Gasteiger partial charge in [-0.1, -0.05) is 25.6 Å². The fraction of sp³-hybridized carbons (Fsp3) is 0.636. The topological polar surface area (TPSA) is 162 Å². The van der Waals surface area contributed by atoms with Crippen molar-refractivity contribution < 1.29 is 29.1 Å². The molecule has 1 aliphatic rings. The Morgan fingerprint density at radius 2 is 1.97 bits per heavy atom. The van der Waals surface area contributed by atoms with Gasteiger partial charge < -0.3 is 25.6 Å². The van der Waals surface area contributed by atoms with Crippen LogP contribution in [-0.4, -0.2) is 79.2 Å². The molecule has 2 rings (SSSR count). The number of carboxylic acids is 1. The summed E-state index contributed by atoms with van der Waals surface area (Å²) in [7, 11) is 0. The van der Waals surface area contributed by atoms with Crippen LogP contribution in [-0.2, 0) is 30.4 Å². The number of likely N-dealkylation sites (tertiary alicyclic amines) is 1. The number of hydrogen-bond donors (Lipinski definition) is 4. The van der Waals surface area contributed by atoms with Gasteiger partial charge in [-0.05, 0) is 25.2 Å². The smallest absolute Gasteiger partial charge is 0.326 e. The van der Waals surface area contributed by atoms with Gasteiger partial charge in [0.05, 0.1) is 12.0 Å². The summed E-state index contributed by atoms with van der Waals surface area (Å²) in [5.74, 6) is -2.09. The van der Waals surface area contributed by atoms with Gasteiger partial charge in [0, 0.05) is 38.3 Å². The minimum atomic E-state index is -1.15. The molecule has 1 saturated heterocycles. The molecule has 0 bridgehead atoms. The molecular formula is C22H33N5O6S. The van der Waals surface area contributed by atoms with Crippen LogP contribution in [0.2, 0.25) is 0 Å². The first kappa shape index (κ1) is 27.4. The molecule has 0 spiro atoms. The van der Waals surface area contributed by atoms with E-state index in [1.54, 1.807) is 6.20 Å². The van der Waals surface area contributed by atoms with Crippen molar-refractivity contribution in [3.8, 4) is 0 Å². The van der Waals surface area contributed by atoms with E-state index < -0.39 is 35.9 Å². The monoisotopic (exact) mass is 495 g/mol. The molecule has 0 saturated carbocycles. The third-order valence-electron chi connectivity index (χ3n) is 5.42. The van der Waals surface area contributed by atoms with Crippen molar-refractivity contribution in [3.05, 3.63) is 18.2 Å². The van der Waals surface area contributed by atoms with Crippen LogP contribution in [0.3, 0.4) is 0 Å². The van der Waals surface area contributed by atoms with Crippen molar-refractivity contribution in [2.24, 2.45) is 5.92 Å². The van der Waals surface area contributed by atoms with E-state index in [0.717, 1.165) is 11.8 Å². The summed E-state index contributed by atoms with van der Waals surface area (Å²) >= 11 is 1.06. The Hall–Kier alpha value is -2.89. The fourth-order valence-corrected chi connectivity index (χ4v) is 4.38. The zero-order valence-electron chi connectivity index (χ0n) is 19.7. The molecular weight excluding hydrogens is 462 g/mol. The van der Waals surface area contributed by atoms with Crippen LogP contribution in [0.4, 0.5) is 0 Å². The fourth-order valence-electron chi connectivity index (χ4n) is 3.82. The van der Waals surface area contributed by atoms with E-state index >= 15 is 0 Å². The van der Waals surface area contributed by atoms with Crippen LogP contribution in [0.15, 0.2) is 12.5 Å². The predicted octanol–water partition coefficient (Wildman–Crippen LogP) is 0.713. The van der Waals surface area contributed by atoms with E-state index in [-0.39, 0.29) is 36.2 Å². The van der Waals surface area contributed by atoms with E-state index in [1.807, 2.05) is 13.8 Å². The molecule has 1 fully saturated rings. The summed E-state index contributed by atoms with van der Waals surface area (Å²) in [5.41, 5.74) is 0.525. The number of rotatable bonds is 12. The molecule has 0 aliphatic carbocycles. The third-order valence-corrected chi connectivity index (χ3v) is 6.23. The molecule has 3 atom stereocenters. The van der Waals surface area contributed by atoms with Gasteiger partial charge in [0.25, 0.3) is 0 Å². The Kier molecular flexibility index (Phi) is 10.6. The van der Waals surface area contributed by atoms with Crippen LogP contribution < -0.4 is 10.6 Å². The van der Waals surface area contributed by atoms with Crippen LogP contribution in [0.25, 0.3) is 0 Å². The molecule has 34 heavy (non-hydrogen) atoms. The molecule has 188 valence electrons. The van der Waals surface area contributed by atoms with E-state index in [0.29, 0.717) is 30.8 Å². The Morgan fingerprint density at radius 3 is 2.56 bits per heavy atom. The maximum absolute atomic E-state index is 13.1. The Balaban J connectivity index is 2.09. The van der Waals surface area contributed by atoms with Gasteiger partial charge in [-0.2, -0.15) is 0 Å². The highest BCUT2D eigenvalue weighted by molar-refractivity contribution is 8.13. The normalized spacial score (nSPS) is 17.3. The standard InChI is InChI=1S/C22H33N5O6S/c1-13(2)9-17(22(32)33)26-20(30)16(10-15-11-23-12-24-15)25-21(31)18-5-4-7-27(18)19(29)6-8-34-14(3)28/h11-13,16-18H,4-10H2,1-3H3,(H,23,24)(H,25,31)(H,26,30)(H,32,33). The number of thioether (sulfide) groups is 1. The van der Waals surface area contributed by atoms with E-state index in [4.69, 9.17) is 0 Å². The van der Waals surface area contributed by atoms with Gasteiger partial charge in [-0.3, -0.25) is 19.2 Å². The van der Waals surface area contributed by atoms with Crippen LogP contribution in [0, 0.1) is 5.92 Å². The number of carbonyl (C=O) groups excluding carboxylic acids is 4. The Bertz CT molecular complexity index is 875. The molecule has 12 heteroatoms. The number of imidazole rings is 1. The lowest BCUT2D eigenvalue weighted by Crippen LogP contribution is -2.56. The molecule has 0 radical (unpaired) electrons. The average molecular weight is 496 g/mol. The van der Waals surface area contributed by atoms with Crippen molar-refractivity contribution in [3.63, 3.8) is 0 Å². The number of aromatic amines is 1. The molecule has 1 aromatic rings. The lowest BCUT2D eigenvalue weighted by molar-refractivity contribution is -0.143. The molecule has 3 amide bonds. The second-order valence-electron chi connectivity index (χ2n) is 8.69. The first-order valence-electron chi connectivity index (χ1n) is 11.3. The largest absolute Gasteiger partial charge is 0.480 e. The van der Waals surface area contributed by atoms with Crippen LogP contribution >= 0.6 is 11.8 Å². The summed E-state index contributed by atoms with van der Waals surface area (Å²) in [6.07, 6.45) is 4.59. The molecule has 0 aromatic carbocycles. The molecule has 1 aromatic heterocycles. The summed E-state index contributed by atoms with van der Waals surface area (Å²) in [4.78, 5) is 69.8. The lowest BCUT2D eigenvalue weighted by Gasteiger charge is -2.27. The van der Waals surface area contributed by atoms with Gasteiger partial charge in [0.15, 0.2) is 5.12 Å². The second kappa shape index (κ2) is 13.1. The van der Waals surface area contributed by atoms with E-state index in [9.17, 15) is 29.1 Å². The summed E-state index contributed by atoms with van der Waals surface area (Å²) in [6, 6.07) is -2.87. The van der Waals surface area contributed by atoms with E-state index in [1.165, 1.54) is 18.2 Å². The molecule has 2 heterocycles. The SMILES string of the molecule is CC(=O)SCCC(=O)N1CCCC1C(=O)NC(Cc1c[nH]cn1)C(=O)NC(CC(C)C)C(=O)O. The Morgan fingerprint density at radius 1 is 1.24 bits per heavy atom. The van der Waals surface area contributed by atoms with Crippen LogP contribution in [0.1, 0.15) is 52.1 Å². The second-order valence-corrected chi connectivity index (χ2v) is 9.96. The first-order valence-corrected chi connectivity index (χ1v) is 12.3. The van der Waals surface area contributed by atoms with Crippen molar-refractivity contribution >= 4 is 40.6 Å². The zero-order chi connectivity index (χ0) is 25.3. The number of nitrogens with zero attached hydrogens (tertiary/aromatic N) is 2. The number of aromatic nitrogens is 2. The highest BCUT2D eigenvalue weighted by Gasteiger charge is 2.36. The maximum Gasteiger partial charge on any atom is 0.326 e. The quantitative estimate of drug-likeness (QED) is 0.330. The molecule has 11 nitrogen and oxygen atoms in total. The summed E-state index contributed by atoms with van der Waals surface area (Å²) in [6.45, 7) is 5.56. The minimum Gasteiger partial charge on any atom is -0.480 e.